The lowest BCUT2D eigenvalue weighted by Gasteiger charge is -2.42. The third kappa shape index (κ3) is 4.29. The lowest BCUT2D eigenvalue weighted by atomic mass is 9.63. The summed E-state index contributed by atoms with van der Waals surface area (Å²) in [6, 6.07) is 14.4. The van der Waals surface area contributed by atoms with Gasteiger partial charge in [0.25, 0.3) is 11.9 Å². The van der Waals surface area contributed by atoms with Crippen LogP contribution in [0.5, 0.6) is 0 Å². The predicted molar refractivity (Wildman–Crippen MR) is 124 cm³/mol. The first-order chi connectivity index (χ1) is 14.7. The molecule has 31 heavy (non-hydrogen) atoms. The SMILES string of the molecule is C/C(=C\c1ccc2c(c1)C(C)(C)CCC2(C)C)c1ccc(C(=O)Nc2nn[nH]n2)cc1. The van der Waals surface area contributed by atoms with Crippen LogP contribution in [0.15, 0.2) is 42.5 Å². The van der Waals surface area contributed by atoms with Crippen molar-refractivity contribution in [2.24, 2.45) is 0 Å². The molecule has 0 saturated carbocycles. The highest BCUT2D eigenvalue weighted by Gasteiger charge is 2.36. The molecule has 1 heterocycles. The van der Waals surface area contributed by atoms with Gasteiger partial charge in [-0.05, 0) is 75.8 Å². The Morgan fingerprint density at radius 3 is 2.26 bits per heavy atom. The largest absolute Gasteiger partial charge is 0.288 e. The Bertz CT molecular complexity index is 1130. The number of nitrogens with one attached hydrogen (secondary N) is 2. The van der Waals surface area contributed by atoms with Crippen molar-refractivity contribution >= 4 is 23.5 Å². The Kier molecular flexibility index (Phi) is 5.25. The van der Waals surface area contributed by atoms with Gasteiger partial charge in [-0.15, -0.1) is 5.10 Å². The number of fused-ring (bicyclic) bond motifs is 1. The highest BCUT2D eigenvalue weighted by molar-refractivity contribution is 6.03. The van der Waals surface area contributed by atoms with Crippen molar-refractivity contribution in [2.75, 3.05) is 5.32 Å². The Morgan fingerprint density at radius 1 is 0.968 bits per heavy atom. The van der Waals surface area contributed by atoms with E-state index in [2.05, 4.69) is 84.8 Å². The lowest BCUT2D eigenvalue weighted by molar-refractivity contribution is 0.102. The van der Waals surface area contributed by atoms with Crippen molar-refractivity contribution in [3.63, 3.8) is 0 Å². The van der Waals surface area contributed by atoms with Gasteiger partial charge in [0.1, 0.15) is 0 Å². The zero-order valence-electron chi connectivity index (χ0n) is 18.8. The molecule has 0 aliphatic heterocycles. The van der Waals surface area contributed by atoms with Crippen LogP contribution in [0.4, 0.5) is 5.95 Å². The third-order valence-corrected chi connectivity index (χ3v) is 6.43. The molecule has 2 N–H and O–H groups in total. The smallest absolute Gasteiger partial charge is 0.270 e. The van der Waals surface area contributed by atoms with Crippen LogP contribution in [-0.4, -0.2) is 26.5 Å². The van der Waals surface area contributed by atoms with Crippen molar-refractivity contribution in [2.45, 2.75) is 58.3 Å². The second-order valence-electron chi connectivity index (χ2n) is 9.67. The Morgan fingerprint density at radius 2 is 1.61 bits per heavy atom. The maximum absolute atomic E-state index is 12.3. The lowest BCUT2D eigenvalue weighted by Crippen LogP contribution is -2.33. The fourth-order valence-electron chi connectivity index (χ4n) is 4.30. The second kappa shape index (κ2) is 7.76. The summed E-state index contributed by atoms with van der Waals surface area (Å²) in [5.41, 5.74) is 7.32. The number of carbonyl (C=O) groups excluding carboxylic acids is 1. The first kappa shape index (κ1) is 21.0. The minimum absolute atomic E-state index is 0.156. The molecule has 4 rings (SSSR count). The predicted octanol–water partition coefficient (Wildman–Crippen LogP) is 5.36. The van der Waals surface area contributed by atoms with E-state index in [9.17, 15) is 4.79 Å². The van der Waals surface area contributed by atoms with Crippen LogP contribution in [0.1, 0.15) is 80.1 Å². The number of H-pyrrole nitrogens is 1. The number of nitrogens with zero attached hydrogens (tertiary/aromatic N) is 3. The van der Waals surface area contributed by atoms with E-state index >= 15 is 0 Å². The number of tetrazole rings is 1. The van der Waals surface area contributed by atoms with Gasteiger partial charge in [0.2, 0.25) is 0 Å². The molecule has 3 aromatic rings. The van der Waals surface area contributed by atoms with Crippen LogP contribution in [-0.2, 0) is 10.8 Å². The summed E-state index contributed by atoms with van der Waals surface area (Å²) in [7, 11) is 0. The number of aromatic nitrogens is 4. The molecule has 1 aromatic heterocycles. The zero-order chi connectivity index (χ0) is 22.2. The zero-order valence-corrected chi connectivity index (χ0v) is 18.8. The van der Waals surface area contributed by atoms with E-state index in [-0.39, 0.29) is 22.7 Å². The number of anilines is 1. The summed E-state index contributed by atoms with van der Waals surface area (Å²) in [5, 5.41) is 15.8. The van der Waals surface area contributed by atoms with E-state index in [1.54, 1.807) is 12.1 Å². The van der Waals surface area contributed by atoms with Gasteiger partial charge >= 0.3 is 0 Å². The van der Waals surface area contributed by atoms with Crippen molar-refractivity contribution < 1.29 is 4.79 Å². The fourth-order valence-corrected chi connectivity index (χ4v) is 4.30. The topological polar surface area (TPSA) is 83.6 Å². The minimum Gasteiger partial charge on any atom is -0.288 e. The van der Waals surface area contributed by atoms with Crippen molar-refractivity contribution in [3.05, 3.63) is 70.3 Å². The fraction of sp³-hybridized carbons (Fsp3) is 0.360. The number of aromatic amines is 1. The molecule has 1 aliphatic rings. The molecular weight excluding hydrogens is 386 g/mol. The van der Waals surface area contributed by atoms with Crippen LogP contribution in [0.3, 0.4) is 0 Å². The average Bonchev–Trinajstić information content (AvgIpc) is 3.24. The van der Waals surface area contributed by atoms with Gasteiger partial charge in [0.15, 0.2) is 0 Å². The summed E-state index contributed by atoms with van der Waals surface area (Å²) in [5.74, 6) is -0.113. The molecule has 0 fully saturated rings. The number of benzene rings is 2. The van der Waals surface area contributed by atoms with Gasteiger partial charge in [0.05, 0.1) is 0 Å². The molecule has 6 heteroatoms. The summed E-state index contributed by atoms with van der Waals surface area (Å²) in [6.45, 7) is 11.5. The highest BCUT2D eigenvalue weighted by atomic mass is 16.1. The van der Waals surface area contributed by atoms with Gasteiger partial charge < -0.3 is 0 Å². The quantitative estimate of drug-likeness (QED) is 0.562. The van der Waals surface area contributed by atoms with E-state index in [4.69, 9.17) is 0 Å². The number of hydrogen-bond donors (Lipinski definition) is 2. The number of amides is 1. The van der Waals surface area contributed by atoms with Crippen molar-refractivity contribution in [1.82, 2.24) is 20.6 Å². The number of allylic oxidation sites excluding steroid dienone is 1. The minimum atomic E-state index is -0.269. The van der Waals surface area contributed by atoms with Gasteiger partial charge in [-0.25, -0.2) is 0 Å². The van der Waals surface area contributed by atoms with E-state index in [0.29, 0.717) is 5.56 Å². The molecule has 6 nitrogen and oxygen atoms in total. The van der Waals surface area contributed by atoms with E-state index in [1.807, 2.05) is 12.1 Å². The third-order valence-electron chi connectivity index (χ3n) is 6.43. The molecular formula is C25H29N5O. The molecule has 0 spiro atoms. The summed E-state index contributed by atoms with van der Waals surface area (Å²) < 4.78 is 0. The average molecular weight is 416 g/mol. The molecule has 0 saturated heterocycles. The van der Waals surface area contributed by atoms with Crippen LogP contribution in [0.2, 0.25) is 0 Å². The van der Waals surface area contributed by atoms with Crippen molar-refractivity contribution in [3.8, 4) is 0 Å². The Labute approximate surface area is 183 Å². The summed E-state index contributed by atoms with van der Waals surface area (Å²) in [4.78, 5) is 12.3. The van der Waals surface area contributed by atoms with Gasteiger partial charge in [0, 0.05) is 5.56 Å². The maximum atomic E-state index is 12.3. The second-order valence-corrected chi connectivity index (χ2v) is 9.67. The monoisotopic (exact) mass is 415 g/mol. The van der Waals surface area contributed by atoms with Crippen LogP contribution < -0.4 is 5.32 Å². The van der Waals surface area contributed by atoms with Crippen LogP contribution in [0, 0.1) is 0 Å². The number of carbonyl (C=O) groups is 1. The van der Waals surface area contributed by atoms with E-state index in [0.717, 1.165) is 11.1 Å². The molecule has 0 unspecified atom stereocenters. The van der Waals surface area contributed by atoms with Gasteiger partial charge in [-0.2, -0.15) is 5.21 Å². The first-order valence-electron chi connectivity index (χ1n) is 10.6. The molecule has 2 aromatic carbocycles. The van der Waals surface area contributed by atoms with Gasteiger partial charge in [-0.1, -0.05) is 69.2 Å². The molecule has 0 atom stereocenters. The Hall–Kier alpha value is -3.28. The Balaban J connectivity index is 1.56. The van der Waals surface area contributed by atoms with Crippen LogP contribution >= 0.6 is 0 Å². The summed E-state index contributed by atoms with van der Waals surface area (Å²) >= 11 is 0. The molecule has 1 aliphatic carbocycles. The maximum Gasteiger partial charge on any atom is 0.270 e. The molecule has 1 amide bonds. The van der Waals surface area contributed by atoms with Crippen LogP contribution in [0.25, 0.3) is 11.6 Å². The van der Waals surface area contributed by atoms with E-state index in [1.165, 1.54) is 29.5 Å². The van der Waals surface area contributed by atoms with Gasteiger partial charge in [-0.3, -0.25) is 10.1 Å². The molecule has 0 radical (unpaired) electrons. The molecule has 160 valence electrons. The molecule has 0 bridgehead atoms. The first-order valence-corrected chi connectivity index (χ1v) is 10.6. The summed E-state index contributed by atoms with van der Waals surface area (Å²) in [6.07, 6.45) is 4.63. The van der Waals surface area contributed by atoms with E-state index < -0.39 is 0 Å². The van der Waals surface area contributed by atoms with Crippen molar-refractivity contribution in [1.29, 1.82) is 0 Å². The highest BCUT2D eigenvalue weighted by Crippen LogP contribution is 2.46. The number of hydrogen-bond acceptors (Lipinski definition) is 4. The standard InChI is InChI=1S/C25H29N5O/c1-16(18-7-9-19(10-8-18)22(31)26-23-27-29-30-28-23)14-17-6-11-20-21(15-17)25(4,5)13-12-24(20,2)3/h6-11,14-15H,12-13H2,1-5H3,(H2,26,27,28,29,30,31)/b16-14+. The normalized spacial score (nSPS) is 17.1. The number of rotatable bonds is 4.